The first-order valence-electron chi connectivity index (χ1n) is 7.73. The van der Waals surface area contributed by atoms with Gasteiger partial charge in [0.1, 0.15) is 0 Å². The maximum atomic E-state index is 12.8. The molecule has 122 valence electrons. The van der Waals surface area contributed by atoms with Gasteiger partial charge in [0.25, 0.3) is 5.56 Å². The van der Waals surface area contributed by atoms with E-state index in [1.54, 1.807) is 30.5 Å². The normalized spacial score (nSPS) is 11.8. The van der Waals surface area contributed by atoms with Gasteiger partial charge in [0.2, 0.25) is 0 Å². The number of nitrogens with zero attached hydrogens (tertiary/aromatic N) is 4. The standard InChI is InChI=1S/C18H12ClN5O/c1-23-16-7-15-13(6-10(16)8-21-23)17-14(9-20-15)18(25)24(22-17)12-4-2-11(19)3-5-12/h2-9,22H,1H3. The van der Waals surface area contributed by atoms with E-state index >= 15 is 0 Å². The molecule has 1 N–H and O–H groups in total. The molecule has 3 aromatic heterocycles. The molecule has 5 rings (SSSR count). The Morgan fingerprint density at radius 3 is 2.68 bits per heavy atom. The van der Waals surface area contributed by atoms with E-state index in [1.165, 1.54) is 4.68 Å². The maximum Gasteiger partial charge on any atom is 0.280 e. The highest BCUT2D eigenvalue weighted by atomic mass is 35.5. The minimum absolute atomic E-state index is 0.141. The molecular formula is C18H12ClN5O. The number of halogens is 1. The van der Waals surface area contributed by atoms with Crippen molar-refractivity contribution in [3.8, 4) is 5.69 Å². The Hall–Kier alpha value is -3.12. The Morgan fingerprint density at radius 1 is 1.08 bits per heavy atom. The van der Waals surface area contributed by atoms with Gasteiger partial charge in [0.15, 0.2) is 0 Å². The minimum Gasteiger partial charge on any atom is -0.290 e. The fraction of sp³-hybridized carbons (Fsp3) is 0.0556. The first-order valence-corrected chi connectivity index (χ1v) is 8.11. The number of aromatic amines is 1. The zero-order valence-corrected chi connectivity index (χ0v) is 13.9. The van der Waals surface area contributed by atoms with Crippen LogP contribution in [0.1, 0.15) is 0 Å². The van der Waals surface area contributed by atoms with E-state index in [0.717, 1.165) is 33.0 Å². The van der Waals surface area contributed by atoms with Crippen molar-refractivity contribution in [2.75, 3.05) is 0 Å². The van der Waals surface area contributed by atoms with E-state index in [-0.39, 0.29) is 5.56 Å². The summed E-state index contributed by atoms with van der Waals surface area (Å²) in [6, 6.07) is 11.1. The van der Waals surface area contributed by atoms with Crippen molar-refractivity contribution in [1.82, 2.24) is 24.5 Å². The van der Waals surface area contributed by atoms with Crippen LogP contribution in [0.4, 0.5) is 0 Å². The quantitative estimate of drug-likeness (QED) is 0.504. The summed E-state index contributed by atoms with van der Waals surface area (Å²) in [4.78, 5) is 17.2. The summed E-state index contributed by atoms with van der Waals surface area (Å²) in [7, 11) is 1.89. The second-order valence-corrected chi connectivity index (χ2v) is 6.41. The van der Waals surface area contributed by atoms with Gasteiger partial charge in [-0.3, -0.25) is 19.6 Å². The molecule has 0 aliphatic rings. The van der Waals surface area contributed by atoms with Crippen LogP contribution in [0.15, 0.2) is 53.6 Å². The SMILES string of the molecule is Cn1ncc2cc3c(cc21)ncc1c(=O)n(-c2ccc(Cl)cc2)[nH]c13. The summed E-state index contributed by atoms with van der Waals surface area (Å²) < 4.78 is 3.32. The number of H-pyrrole nitrogens is 1. The number of aromatic nitrogens is 5. The average molecular weight is 350 g/mol. The first kappa shape index (κ1) is 14.2. The van der Waals surface area contributed by atoms with Crippen molar-refractivity contribution in [2.45, 2.75) is 0 Å². The molecule has 0 saturated carbocycles. The molecule has 3 heterocycles. The third-order valence-corrected chi connectivity index (χ3v) is 4.73. The number of rotatable bonds is 1. The van der Waals surface area contributed by atoms with Crippen LogP contribution in [0, 0.1) is 0 Å². The van der Waals surface area contributed by atoms with E-state index < -0.39 is 0 Å². The van der Waals surface area contributed by atoms with Crippen LogP contribution >= 0.6 is 11.6 Å². The van der Waals surface area contributed by atoms with Gasteiger partial charge in [-0.15, -0.1) is 0 Å². The Balaban J connectivity index is 1.86. The summed E-state index contributed by atoms with van der Waals surface area (Å²) in [5.74, 6) is 0. The van der Waals surface area contributed by atoms with Crippen LogP contribution in [0.2, 0.25) is 5.02 Å². The molecule has 0 spiro atoms. The second kappa shape index (κ2) is 4.94. The lowest BCUT2D eigenvalue weighted by Crippen LogP contribution is -2.13. The molecular weight excluding hydrogens is 338 g/mol. The summed E-state index contributed by atoms with van der Waals surface area (Å²) >= 11 is 5.94. The summed E-state index contributed by atoms with van der Waals surface area (Å²) in [5, 5.41) is 10.6. The minimum atomic E-state index is -0.141. The van der Waals surface area contributed by atoms with Gasteiger partial charge in [0.05, 0.1) is 33.8 Å². The van der Waals surface area contributed by atoms with Crippen molar-refractivity contribution in [3.05, 3.63) is 64.2 Å². The summed E-state index contributed by atoms with van der Waals surface area (Å²) in [6.45, 7) is 0. The third kappa shape index (κ3) is 2.01. The zero-order valence-electron chi connectivity index (χ0n) is 13.2. The van der Waals surface area contributed by atoms with Gasteiger partial charge >= 0.3 is 0 Å². The lowest BCUT2D eigenvalue weighted by atomic mass is 10.1. The molecule has 0 bridgehead atoms. The van der Waals surface area contributed by atoms with Gasteiger partial charge in [-0.05, 0) is 36.4 Å². The Kier molecular flexibility index (Phi) is 2.81. The van der Waals surface area contributed by atoms with E-state index in [1.807, 2.05) is 30.1 Å². The lowest BCUT2D eigenvalue weighted by molar-refractivity contribution is 0.797. The van der Waals surface area contributed by atoms with Crippen molar-refractivity contribution < 1.29 is 0 Å². The third-order valence-electron chi connectivity index (χ3n) is 4.48. The molecule has 0 radical (unpaired) electrons. The van der Waals surface area contributed by atoms with E-state index in [4.69, 9.17) is 11.6 Å². The van der Waals surface area contributed by atoms with Crippen molar-refractivity contribution in [2.24, 2.45) is 7.05 Å². The van der Waals surface area contributed by atoms with Crippen molar-refractivity contribution >= 4 is 44.3 Å². The van der Waals surface area contributed by atoms with E-state index in [9.17, 15) is 4.79 Å². The highest BCUT2D eigenvalue weighted by Gasteiger charge is 2.13. The molecule has 2 aromatic carbocycles. The largest absolute Gasteiger partial charge is 0.290 e. The maximum absolute atomic E-state index is 12.8. The van der Waals surface area contributed by atoms with Crippen molar-refractivity contribution in [3.63, 3.8) is 0 Å². The van der Waals surface area contributed by atoms with Crippen LogP contribution in [0.5, 0.6) is 0 Å². The van der Waals surface area contributed by atoms with Crippen LogP contribution in [0.3, 0.4) is 0 Å². The fourth-order valence-corrected chi connectivity index (χ4v) is 3.30. The van der Waals surface area contributed by atoms with Gasteiger partial charge in [-0.1, -0.05) is 11.6 Å². The molecule has 0 aliphatic carbocycles. The number of hydrogen-bond acceptors (Lipinski definition) is 3. The van der Waals surface area contributed by atoms with Gasteiger partial charge in [-0.25, -0.2) is 4.68 Å². The molecule has 6 nitrogen and oxygen atoms in total. The van der Waals surface area contributed by atoms with E-state index in [2.05, 4.69) is 15.2 Å². The monoisotopic (exact) mass is 349 g/mol. The number of hydrogen-bond donors (Lipinski definition) is 1. The summed E-state index contributed by atoms with van der Waals surface area (Å²) in [6.07, 6.45) is 3.42. The fourth-order valence-electron chi connectivity index (χ4n) is 3.18. The molecule has 0 fully saturated rings. The smallest absolute Gasteiger partial charge is 0.280 e. The Morgan fingerprint density at radius 2 is 1.88 bits per heavy atom. The number of benzene rings is 2. The predicted octanol–water partition coefficient (Wildman–Crippen LogP) is 3.41. The number of nitrogens with one attached hydrogen (secondary N) is 1. The molecule has 5 aromatic rings. The number of fused-ring (bicyclic) bond motifs is 4. The molecule has 7 heteroatoms. The van der Waals surface area contributed by atoms with Crippen LogP contribution < -0.4 is 5.56 Å². The molecule has 0 aliphatic heterocycles. The lowest BCUT2D eigenvalue weighted by Gasteiger charge is -2.02. The average Bonchev–Trinajstić information content (AvgIpc) is 3.15. The van der Waals surface area contributed by atoms with E-state index in [0.29, 0.717) is 10.4 Å². The van der Waals surface area contributed by atoms with Crippen LogP contribution in [-0.2, 0) is 7.05 Å². The second-order valence-electron chi connectivity index (χ2n) is 5.97. The molecule has 0 unspecified atom stereocenters. The van der Waals surface area contributed by atoms with Crippen LogP contribution in [0.25, 0.3) is 38.4 Å². The topological polar surface area (TPSA) is 68.5 Å². The number of aryl methyl sites for hydroxylation is 1. The van der Waals surface area contributed by atoms with Crippen LogP contribution in [-0.4, -0.2) is 24.5 Å². The predicted molar refractivity (Wildman–Crippen MR) is 98.5 cm³/mol. The van der Waals surface area contributed by atoms with Crippen molar-refractivity contribution in [1.29, 1.82) is 0 Å². The Bertz CT molecular complexity index is 1330. The highest BCUT2D eigenvalue weighted by molar-refractivity contribution is 6.30. The summed E-state index contributed by atoms with van der Waals surface area (Å²) in [5.41, 5.74) is 3.15. The number of pyridine rings is 1. The van der Waals surface area contributed by atoms with Gasteiger partial charge < -0.3 is 0 Å². The molecule has 25 heavy (non-hydrogen) atoms. The van der Waals surface area contributed by atoms with Gasteiger partial charge in [-0.2, -0.15) is 5.10 Å². The Labute approximate surface area is 146 Å². The molecule has 0 atom stereocenters. The zero-order chi connectivity index (χ0) is 17.1. The highest BCUT2D eigenvalue weighted by Crippen LogP contribution is 2.26. The van der Waals surface area contributed by atoms with Gasteiger partial charge in [0, 0.05) is 29.0 Å². The first-order chi connectivity index (χ1) is 12.1. The molecule has 0 saturated heterocycles. The molecule has 0 amide bonds.